The Balaban J connectivity index is 1.90. The molecule has 1 aromatic carbocycles. The predicted molar refractivity (Wildman–Crippen MR) is 97.5 cm³/mol. The van der Waals surface area contributed by atoms with Crippen LogP contribution >= 0.6 is 0 Å². The molecule has 4 nitrogen and oxygen atoms in total. The van der Waals surface area contributed by atoms with Gasteiger partial charge in [-0.2, -0.15) is 0 Å². The van der Waals surface area contributed by atoms with Gasteiger partial charge in [0.05, 0.1) is 6.54 Å². The Morgan fingerprint density at radius 3 is 2.12 bits per heavy atom. The van der Waals surface area contributed by atoms with E-state index in [9.17, 15) is 9.59 Å². The highest BCUT2D eigenvalue weighted by Crippen LogP contribution is 2.18. The zero-order chi connectivity index (χ0) is 17.7. The highest BCUT2D eigenvalue weighted by Gasteiger charge is 2.23. The summed E-state index contributed by atoms with van der Waals surface area (Å²) in [5.41, 5.74) is 4.18. The lowest BCUT2D eigenvalue weighted by Crippen LogP contribution is -2.49. The molecule has 2 rings (SSSR count). The van der Waals surface area contributed by atoms with Crippen LogP contribution in [0.25, 0.3) is 0 Å². The first-order valence-electron chi connectivity index (χ1n) is 9.03. The van der Waals surface area contributed by atoms with Crippen molar-refractivity contribution in [1.82, 2.24) is 9.80 Å². The summed E-state index contributed by atoms with van der Waals surface area (Å²) in [5, 5.41) is 0. The molecule has 0 aromatic heterocycles. The minimum atomic E-state index is 0.191. The zero-order valence-corrected chi connectivity index (χ0v) is 15.5. The second-order valence-corrected chi connectivity index (χ2v) is 6.96. The minimum absolute atomic E-state index is 0.191. The Bertz CT molecular complexity index is 579. The quantitative estimate of drug-likeness (QED) is 0.753. The molecular formula is C20H30N2O2. The lowest BCUT2D eigenvalue weighted by Gasteiger charge is -2.34. The fourth-order valence-corrected chi connectivity index (χ4v) is 3.54. The third-order valence-electron chi connectivity index (χ3n) is 4.79. The van der Waals surface area contributed by atoms with Gasteiger partial charge in [0.1, 0.15) is 0 Å². The van der Waals surface area contributed by atoms with Crippen LogP contribution in [0, 0.1) is 20.8 Å². The fourth-order valence-electron chi connectivity index (χ4n) is 3.54. The molecule has 0 aliphatic carbocycles. The van der Waals surface area contributed by atoms with Crippen LogP contribution in [0.5, 0.6) is 0 Å². The van der Waals surface area contributed by atoms with Crippen LogP contribution in [0.15, 0.2) is 12.1 Å². The number of aryl methyl sites for hydroxylation is 3. The van der Waals surface area contributed by atoms with Gasteiger partial charge < -0.3 is 4.90 Å². The summed E-state index contributed by atoms with van der Waals surface area (Å²) in [6.07, 6.45) is 2.66. The summed E-state index contributed by atoms with van der Waals surface area (Å²) in [7, 11) is 0. The SMILES string of the molecule is CCCCC(=O)N1CCN(CC(=O)c2c(C)cc(C)cc2C)CC1. The van der Waals surface area contributed by atoms with Crippen molar-refractivity contribution in [3.63, 3.8) is 0 Å². The molecule has 0 radical (unpaired) electrons. The third-order valence-corrected chi connectivity index (χ3v) is 4.79. The molecule has 0 bridgehead atoms. The van der Waals surface area contributed by atoms with Gasteiger partial charge in [-0.15, -0.1) is 0 Å². The normalized spacial score (nSPS) is 15.6. The van der Waals surface area contributed by atoms with Gasteiger partial charge in [0.15, 0.2) is 5.78 Å². The summed E-state index contributed by atoms with van der Waals surface area (Å²) in [6.45, 7) is 11.7. The molecule has 0 saturated carbocycles. The van der Waals surface area contributed by atoms with Crippen molar-refractivity contribution < 1.29 is 9.59 Å². The second-order valence-electron chi connectivity index (χ2n) is 6.96. The summed E-state index contributed by atoms with van der Waals surface area (Å²) in [6, 6.07) is 4.15. The van der Waals surface area contributed by atoms with Crippen molar-refractivity contribution >= 4 is 11.7 Å². The number of carbonyl (C=O) groups excluding carboxylic acids is 2. The number of piperazine rings is 1. The van der Waals surface area contributed by atoms with Gasteiger partial charge in [-0.25, -0.2) is 0 Å². The van der Waals surface area contributed by atoms with E-state index in [0.29, 0.717) is 13.0 Å². The average molecular weight is 330 g/mol. The molecule has 0 unspecified atom stereocenters. The third kappa shape index (κ3) is 4.67. The van der Waals surface area contributed by atoms with Crippen molar-refractivity contribution in [2.24, 2.45) is 0 Å². The number of hydrogen-bond acceptors (Lipinski definition) is 3. The van der Waals surface area contributed by atoms with Crippen LogP contribution in [0.4, 0.5) is 0 Å². The first kappa shape index (κ1) is 18.7. The number of hydrogen-bond donors (Lipinski definition) is 0. The van der Waals surface area contributed by atoms with E-state index in [1.807, 2.05) is 18.7 Å². The molecule has 132 valence electrons. The largest absolute Gasteiger partial charge is 0.340 e. The Kier molecular flexibility index (Phi) is 6.55. The first-order valence-corrected chi connectivity index (χ1v) is 9.03. The molecule has 0 N–H and O–H groups in total. The number of Topliss-reactive ketones (excluding diaryl/α,β-unsaturated/α-hetero) is 1. The first-order chi connectivity index (χ1) is 11.4. The standard InChI is InChI=1S/C20H30N2O2/c1-5-6-7-19(24)22-10-8-21(9-11-22)14-18(23)20-16(3)12-15(2)13-17(20)4/h12-13H,5-11,14H2,1-4H3. The van der Waals surface area contributed by atoms with E-state index >= 15 is 0 Å². The summed E-state index contributed by atoms with van der Waals surface area (Å²) < 4.78 is 0. The number of carbonyl (C=O) groups is 2. The van der Waals surface area contributed by atoms with Crippen LogP contribution in [0.2, 0.25) is 0 Å². The van der Waals surface area contributed by atoms with Gasteiger partial charge >= 0.3 is 0 Å². The van der Waals surface area contributed by atoms with Crippen molar-refractivity contribution in [1.29, 1.82) is 0 Å². The number of benzene rings is 1. The van der Waals surface area contributed by atoms with Crippen molar-refractivity contribution in [2.75, 3.05) is 32.7 Å². The Morgan fingerprint density at radius 2 is 1.58 bits per heavy atom. The number of unbranched alkanes of at least 4 members (excludes halogenated alkanes) is 1. The van der Waals surface area contributed by atoms with Gasteiger partial charge in [-0.05, 0) is 38.3 Å². The average Bonchev–Trinajstić information content (AvgIpc) is 2.52. The van der Waals surface area contributed by atoms with E-state index < -0.39 is 0 Å². The molecule has 1 aromatic rings. The highest BCUT2D eigenvalue weighted by molar-refractivity contribution is 6.00. The number of rotatable bonds is 6. The molecule has 1 heterocycles. The summed E-state index contributed by atoms with van der Waals surface area (Å²) >= 11 is 0. The molecule has 4 heteroatoms. The van der Waals surface area contributed by atoms with E-state index in [-0.39, 0.29) is 11.7 Å². The maximum absolute atomic E-state index is 12.7. The highest BCUT2D eigenvalue weighted by atomic mass is 16.2. The van der Waals surface area contributed by atoms with E-state index in [1.165, 1.54) is 5.56 Å². The molecule has 1 saturated heterocycles. The number of nitrogens with zero attached hydrogens (tertiary/aromatic N) is 2. The molecule has 1 aliphatic rings. The zero-order valence-electron chi connectivity index (χ0n) is 15.5. The molecular weight excluding hydrogens is 300 g/mol. The lowest BCUT2D eigenvalue weighted by atomic mass is 9.96. The van der Waals surface area contributed by atoms with Crippen LogP contribution in [-0.2, 0) is 4.79 Å². The van der Waals surface area contributed by atoms with E-state index in [1.54, 1.807) is 0 Å². The van der Waals surface area contributed by atoms with E-state index in [2.05, 4.69) is 30.9 Å². The van der Waals surface area contributed by atoms with Crippen molar-refractivity contribution in [3.05, 3.63) is 34.4 Å². The van der Waals surface area contributed by atoms with Gasteiger partial charge in [-0.1, -0.05) is 31.0 Å². The van der Waals surface area contributed by atoms with Crippen LogP contribution in [0.3, 0.4) is 0 Å². The summed E-state index contributed by atoms with van der Waals surface area (Å²) in [4.78, 5) is 28.9. The molecule has 1 fully saturated rings. The van der Waals surface area contributed by atoms with Crippen LogP contribution in [0.1, 0.15) is 53.2 Å². The Labute approximate surface area is 145 Å². The Hall–Kier alpha value is -1.68. The number of amides is 1. The maximum atomic E-state index is 12.7. The smallest absolute Gasteiger partial charge is 0.222 e. The van der Waals surface area contributed by atoms with Crippen molar-refractivity contribution in [3.8, 4) is 0 Å². The van der Waals surface area contributed by atoms with Crippen LogP contribution < -0.4 is 0 Å². The van der Waals surface area contributed by atoms with Gasteiger partial charge in [-0.3, -0.25) is 14.5 Å². The van der Waals surface area contributed by atoms with Gasteiger partial charge in [0, 0.05) is 38.2 Å². The molecule has 0 spiro atoms. The molecule has 1 aliphatic heterocycles. The van der Waals surface area contributed by atoms with E-state index in [0.717, 1.165) is 55.7 Å². The lowest BCUT2D eigenvalue weighted by molar-refractivity contribution is -0.132. The topological polar surface area (TPSA) is 40.6 Å². The molecule has 24 heavy (non-hydrogen) atoms. The number of ketones is 1. The monoisotopic (exact) mass is 330 g/mol. The maximum Gasteiger partial charge on any atom is 0.222 e. The predicted octanol–water partition coefficient (Wildman–Crippen LogP) is 3.13. The van der Waals surface area contributed by atoms with Crippen molar-refractivity contribution in [2.45, 2.75) is 47.0 Å². The van der Waals surface area contributed by atoms with Gasteiger partial charge in [0.2, 0.25) is 5.91 Å². The fraction of sp³-hybridized carbons (Fsp3) is 0.600. The van der Waals surface area contributed by atoms with Crippen LogP contribution in [-0.4, -0.2) is 54.2 Å². The summed E-state index contributed by atoms with van der Waals surface area (Å²) in [5.74, 6) is 0.448. The Morgan fingerprint density at radius 1 is 1.00 bits per heavy atom. The van der Waals surface area contributed by atoms with Gasteiger partial charge in [0.25, 0.3) is 0 Å². The van der Waals surface area contributed by atoms with E-state index in [4.69, 9.17) is 0 Å². The molecule has 0 atom stereocenters. The second kappa shape index (κ2) is 8.43. The molecule has 1 amide bonds. The minimum Gasteiger partial charge on any atom is -0.340 e.